The van der Waals surface area contributed by atoms with E-state index in [1.807, 2.05) is 78.9 Å². The average molecular weight is 736 g/mol. The van der Waals surface area contributed by atoms with Crippen LogP contribution in [0.1, 0.15) is 0 Å². The van der Waals surface area contributed by atoms with Gasteiger partial charge in [-0.2, -0.15) is 0 Å². The summed E-state index contributed by atoms with van der Waals surface area (Å²) in [5.41, 5.74) is 10.4. The van der Waals surface area contributed by atoms with Gasteiger partial charge < -0.3 is 4.42 Å². The predicted octanol–water partition coefficient (Wildman–Crippen LogP) is 12.9. The molecule has 0 aliphatic heterocycles. The third-order valence-electron chi connectivity index (χ3n) is 10.2. The molecule has 0 N–H and O–H groups in total. The topological polar surface area (TPSA) is 77.6 Å². The van der Waals surface area contributed by atoms with Crippen LogP contribution in [0.15, 0.2) is 180 Å². The van der Waals surface area contributed by atoms with E-state index in [1.54, 1.807) is 11.3 Å². The maximum absolute atomic E-state index is 6.51. The zero-order chi connectivity index (χ0) is 37.0. The highest BCUT2D eigenvalue weighted by Crippen LogP contribution is 2.41. The van der Waals surface area contributed by atoms with Gasteiger partial charge in [0.25, 0.3) is 0 Å². The van der Waals surface area contributed by atoms with Crippen molar-refractivity contribution in [3.8, 4) is 67.9 Å². The lowest BCUT2D eigenvalue weighted by Gasteiger charge is -2.08. The Morgan fingerprint density at radius 3 is 1.55 bits per heavy atom. The Hall–Kier alpha value is -7.35. The van der Waals surface area contributed by atoms with Gasteiger partial charge in [0, 0.05) is 48.7 Å². The summed E-state index contributed by atoms with van der Waals surface area (Å²) in [5, 5.41) is 3.14. The highest BCUT2D eigenvalue weighted by Gasteiger charge is 2.19. The van der Waals surface area contributed by atoms with E-state index in [1.165, 1.54) is 10.3 Å². The lowest BCUT2D eigenvalue weighted by atomic mass is 10.0. The molecule has 0 bridgehead atoms. The van der Waals surface area contributed by atoms with Gasteiger partial charge in [0.05, 0.1) is 15.9 Å². The van der Waals surface area contributed by atoms with Crippen molar-refractivity contribution in [1.29, 1.82) is 0 Å². The first kappa shape index (κ1) is 32.1. The van der Waals surface area contributed by atoms with Crippen LogP contribution in [-0.2, 0) is 0 Å². The molecule has 0 aliphatic carbocycles. The Labute approximate surface area is 325 Å². The van der Waals surface area contributed by atoms with E-state index in [2.05, 4.69) is 97.1 Å². The summed E-state index contributed by atoms with van der Waals surface area (Å²) >= 11 is 1.73. The molecule has 0 aliphatic rings. The van der Waals surface area contributed by atoms with Gasteiger partial charge in [0.2, 0.25) is 0 Å². The van der Waals surface area contributed by atoms with Gasteiger partial charge in [0.15, 0.2) is 23.3 Å². The zero-order valence-electron chi connectivity index (χ0n) is 29.8. The molecule has 7 heteroatoms. The fourth-order valence-electron chi connectivity index (χ4n) is 7.36. The van der Waals surface area contributed by atoms with Crippen LogP contribution >= 0.6 is 11.3 Å². The van der Waals surface area contributed by atoms with E-state index < -0.39 is 0 Å². The minimum absolute atomic E-state index is 0.582. The van der Waals surface area contributed by atoms with Crippen molar-refractivity contribution < 1.29 is 4.42 Å². The molecule has 0 spiro atoms. The van der Waals surface area contributed by atoms with E-state index >= 15 is 0 Å². The van der Waals surface area contributed by atoms with Crippen molar-refractivity contribution in [2.75, 3.05) is 0 Å². The van der Waals surface area contributed by atoms with Crippen molar-refractivity contribution in [3.63, 3.8) is 0 Å². The quantitative estimate of drug-likeness (QED) is 0.169. The maximum Gasteiger partial charge on any atom is 0.164 e. The van der Waals surface area contributed by atoms with Crippen LogP contribution in [0.2, 0.25) is 0 Å². The van der Waals surface area contributed by atoms with Crippen LogP contribution in [-0.4, -0.2) is 24.9 Å². The molecule has 4 aromatic heterocycles. The Kier molecular flexibility index (Phi) is 7.57. The van der Waals surface area contributed by atoms with Crippen LogP contribution in [0.25, 0.3) is 110 Å². The highest BCUT2D eigenvalue weighted by atomic mass is 32.1. The Morgan fingerprint density at radius 2 is 0.857 bits per heavy atom. The molecule has 56 heavy (non-hydrogen) atoms. The minimum Gasteiger partial charge on any atom is -0.456 e. The van der Waals surface area contributed by atoms with Crippen LogP contribution in [0.5, 0.6) is 0 Å². The third kappa shape index (κ3) is 5.61. The molecule has 0 saturated heterocycles. The predicted molar refractivity (Wildman–Crippen MR) is 228 cm³/mol. The smallest absolute Gasteiger partial charge is 0.164 e. The SMILES string of the molecule is c1ccc(-c2ccc(-c3nc(-c4ccc5oc6cc(-c7nc(-c8ccccc8)nc(-c8ccccc8)n7)ccc6c5c4)c4sc5ccccc5c4n3)cc2)cc1. The average Bonchev–Trinajstić information content (AvgIpc) is 3.84. The monoisotopic (exact) mass is 735 g/mol. The lowest BCUT2D eigenvalue weighted by molar-refractivity contribution is 0.669. The first-order valence-electron chi connectivity index (χ1n) is 18.4. The molecule has 0 saturated carbocycles. The number of hydrogen-bond acceptors (Lipinski definition) is 7. The van der Waals surface area contributed by atoms with Crippen molar-refractivity contribution in [2.24, 2.45) is 0 Å². The second-order valence-electron chi connectivity index (χ2n) is 13.7. The maximum atomic E-state index is 6.51. The Bertz CT molecular complexity index is 3180. The van der Waals surface area contributed by atoms with Crippen molar-refractivity contribution in [2.45, 2.75) is 0 Å². The summed E-state index contributed by atoms with van der Waals surface area (Å²) in [6, 6.07) is 59.9. The van der Waals surface area contributed by atoms with Gasteiger partial charge in [-0.15, -0.1) is 11.3 Å². The van der Waals surface area contributed by atoms with E-state index in [0.29, 0.717) is 23.3 Å². The van der Waals surface area contributed by atoms with Gasteiger partial charge in [-0.05, 0) is 47.5 Å². The number of hydrogen-bond donors (Lipinski definition) is 0. The van der Waals surface area contributed by atoms with E-state index in [4.69, 9.17) is 29.3 Å². The molecule has 262 valence electrons. The van der Waals surface area contributed by atoms with E-state index in [9.17, 15) is 0 Å². The third-order valence-corrected chi connectivity index (χ3v) is 11.3. The summed E-state index contributed by atoms with van der Waals surface area (Å²) in [7, 11) is 0. The standard InChI is InChI=1S/C49H29N5OS/c1-4-12-30(13-5-1)31-20-22-34(23-21-31)46-50-43(45-44(51-46)38-18-10-11-19-42(38)56-45)35-25-27-40-39(28-35)37-26-24-36(29-41(37)55-40)49-53-47(32-14-6-2-7-15-32)52-48(54-49)33-16-8-3-9-17-33/h1-29H. The molecule has 0 amide bonds. The second-order valence-corrected chi connectivity index (χ2v) is 14.7. The molecule has 0 atom stereocenters. The molecule has 7 aromatic carbocycles. The molecule has 0 unspecified atom stereocenters. The van der Waals surface area contributed by atoms with Crippen LogP contribution < -0.4 is 0 Å². The lowest BCUT2D eigenvalue weighted by Crippen LogP contribution is -2.00. The van der Waals surface area contributed by atoms with Gasteiger partial charge in [-0.1, -0.05) is 140 Å². The fourth-order valence-corrected chi connectivity index (χ4v) is 8.51. The number of furan rings is 1. The minimum atomic E-state index is 0.582. The molecule has 0 radical (unpaired) electrons. The van der Waals surface area contributed by atoms with Gasteiger partial charge in [0.1, 0.15) is 11.2 Å². The van der Waals surface area contributed by atoms with Crippen LogP contribution in [0.3, 0.4) is 0 Å². The first-order chi connectivity index (χ1) is 27.7. The summed E-state index contributed by atoms with van der Waals surface area (Å²) in [6.07, 6.45) is 0. The molecule has 0 fully saturated rings. The summed E-state index contributed by atoms with van der Waals surface area (Å²) in [6.45, 7) is 0. The molecule has 11 aromatic rings. The number of aromatic nitrogens is 5. The van der Waals surface area contributed by atoms with Crippen LogP contribution in [0.4, 0.5) is 0 Å². The molecular weight excluding hydrogens is 707 g/mol. The van der Waals surface area contributed by atoms with Gasteiger partial charge >= 0.3 is 0 Å². The fraction of sp³-hybridized carbons (Fsp3) is 0. The Morgan fingerprint density at radius 1 is 0.339 bits per heavy atom. The van der Waals surface area contributed by atoms with Gasteiger partial charge in [-0.25, -0.2) is 24.9 Å². The van der Waals surface area contributed by atoms with E-state index in [-0.39, 0.29) is 0 Å². The zero-order valence-corrected chi connectivity index (χ0v) is 30.6. The Balaban J connectivity index is 1.03. The van der Waals surface area contributed by atoms with Crippen molar-refractivity contribution in [1.82, 2.24) is 24.9 Å². The number of nitrogens with zero attached hydrogens (tertiary/aromatic N) is 5. The first-order valence-corrected chi connectivity index (χ1v) is 19.2. The normalized spacial score (nSPS) is 11.6. The summed E-state index contributed by atoms with van der Waals surface area (Å²) in [5.74, 6) is 2.51. The number of thiophene rings is 1. The van der Waals surface area contributed by atoms with E-state index in [0.717, 1.165) is 76.6 Å². The van der Waals surface area contributed by atoms with Crippen molar-refractivity contribution >= 4 is 53.6 Å². The largest absolute Gasteiger partial charge is 0.456 e. The van der Waals surface area contributed by atoms with Gasteiger partial charge in [-0.3, -0.25) is 0 Å². The van der Waals surface area contributed by atoms with Crippen LogP contribution in [0, 0.1) is 0 Å². The summed E-state index contributed by atoms with van der Waals surface area (Å²) in [4.78, 5) is 25.2. The van der Waals surface area contributed by atoms with Crippen molar-refractivity contribution in [3.05, 3.63) is 176 Å². The molecular formula is C49H29N5OS. The second kappa shape index (κ2) is 13.2. The molecule has 4 heterocycles. The summed E-state index contributed by atoms with van der Waals surface area (Å²) < 4.78 is 8.75. The molecule has 11 rings (SSSR count). The number of rotatable bonds is 6. The number of benzene rings is 7. The number of fused-ring (bicyclic) bond motifs is 6. The molecule has 6 nitrogen and oxygen atoms in total. The highest BCUT2D eigenvalue weighted by molar-refractivity contribution is 7.26.